The van der Waals surface area contributed by atoms with Crippen molar-refractivity contribution in [3.05, 3.63) is 108 Å². The zero-order chi connectivity index (χ0) is 22.2. The van der Waals surface area contributed by atoms with Crippen molar-refractivity contribution in [1.82, 2.24) is 4.98 Å². The number of hydrogen-bond acceptors (Lipinski definition) is 3. The van der Waals surface area contributed by atoms with Gasteiger partial charge in [0, 0.05) is 27.9 Å². The minimum Gasteiger partial charge on any atom is -0.454 e. The molecule has 3 aromatic carbocycles. The Balaban J connectivity index is 1.45. The minimum atomic E-state index is -0.0687. The number of ether oxygens (including phenoxy) is 2. The van der Waals surface area contributed by atoms with Crippen LogP contribution in [0, 0.1) is 0 Å². The minimum absolute atomic E-state index is 0.0687. The highest BCUT2D eigenvalue weighted by Crippen LogP contribution is 2.33. The van der Waals surface area contributed by atoms with Crippen molar-refractivity contribution in [3.8, 4) is 11.5 Å². The van der Waals surface area contributed by atoms with E-state index in [1.165, 1.54) is 0 Å². The molecule has 0 spiro atoms. The number of fused-ring (bicyclic) bond motifs is 4. The molecule has 1 N–H and O–H groups in total. The van der Waals surface area contributed by atoms with Gasteiger partial charge in [0.15, 0.2) is 24.2 Å². The van der Waals surface area contributed by atoms with Crippen molar-refractivity contribution in [2.24, 2.45) is 0 Å². The third kappa shape index (κ3) is 3.53. The highest BCUT2D eigenvalue weighted by Gasteiger charge is 2.24. The van der Waals surface area contributed by atoms with E-state index in [0.717, 1.165) is 38.7 Å². The average Bonchev–Trinajstić information content (AvgIpc) is 3.47. The number of ketones is 1. The van der Waals surface area contributed by atoms with Crippen molar-refractivity contribution >= 4 is 33.7 Å². The molecule has 0 radical (unpaired) electrons. The maximum atomic E-state index is 13.6. The molecule has 0 saturated heterocycles. The predicted octanol–water partition coefficient (Wildman–Crippen LogP) is 5.28. The molecule has 2 aromatic heterocycles. The number of aromatic nitrogens is 2. The number of nitrogens with zero attached hydrogens (tertiary/aromatic N) is 1. The van der Waals surface area contributed by atoms with Crippen LogP contribution < -0.4 is 14.0 Å². The van der Waals surface area contributed by atoms with E-state index in [-0.39, 0.29) is 12.6 Å². The van der Waals surface area contributed by atoms with E-state index < -0.39 is 0 Å². The molecule has 5 heteroatoms. The molecule has 1 aliphatic heterocycles. The van der Waals surface area contributed by atoms with Crippen LogP contribution in [0.15, 0.2) is 91.1 Å². The second-order valence-electron chi connectivity index (χ2n) is 8.05. The Hall–Kier alpha value is -4.38. The lowest BCUT2D eigenvalue weighted by Crippen LogP contribution is -2.40. The summed E-state index contributed by atoms with van der Waals surface area (Å²) in [4.78, 5) is 17.0. The third-order valence-corrected chi connectivity index (χ3v) is 5.94. The first-order valence-electron chi connectivity index (χ1n) is 10.9. The van der Waals surface area contributed by atoms with Gasteiger partial charge in [-0.05, 0) is 29.8 Å². The number of hydrogen-bond donors (Lipinski definition) is 1. The Labute approximate surface area is 190 Å². The van der Waals surface area contributed by atoms with Gasteiger partial charge in [-0.25, -0.2) is 0 Å². The van der Waals surface area contributed by atoms with Crippen molar-refractivity contribution in [2.75, 3.05) is 6.79 Å². The molecule has 3 heterocycles. The molecule has 0 amide bonds. The number of nitrogens with one attached hydrogen (secondary N) is 1. The molecule has 0 bridgehead atoms. The maximum Gasteiger partial charge on any atom is 0.277 e. The van der Waals surface area contributed by atoms with E-state index in [0.29, 0.717) is 18.0 Å². The number of pyridine rings is 1. The molecule has 160 valence electrons. The number of allylic oxidation sites excluding steroid dienone is 1. The molecule has 0 aliphatic carbocycles. The van der Waals surface area contributed by atoms with Crippen LogP contribution in [-0.4, -0.2) is 17.6 Å². The Morgan fingerprint density at radius 3 is 2.64 bits per heavy atom. The van der Waals surface area contributed by atoms with Crippen LogP contribution in [0.2, 0.25) is 0 Å². The van der Waals surface area contributed by atoms with Crippen LogP contribution in [0.4, 0.5) is 0 Å². The Kier molecular flexibility index (Phi) is 4.65. The van der Waals surface area contributed by atoms with Gasteiger partial charge in [0.25, 0.3) is 11.5 Å². The number of carbonyl (C=O) groups excluding carboxylic acids is 1. The Morgan fingerprint density at radius 1 is 0.909 bits per heavy atom. The van der Waals surface area contributed by atoms with Crippen LogP contribution in [0.3, 0.4) is 0 Å². The zero-order valence-corrected chi connectivity index (χ0v) is 17.8. The SMILES string of the molecule is O=C(/C=C/c1ccc2c(c1)OCO2)c1c2[nH]c3ccccc3c2cc[n+]1Cc1ccccc1. The van der Waals surface area contributed by atoms with Gasteiger partial charge in [0.1, 0.15) is 5.52 Å². The molecule has 0 saturated carbocycles. The summed E-state index contributed by atoms with van der Waals surface area (Å²) in [6, 6.07) is 26.0. The van der Waals surface area contributed by atoms with Gasteiger partial charge in [0.05, 0.1) is 0 Å². The fourth-order valence-electron chi connectivity index (χ4n) is 4.35. The van der Waals surface area contributed by atoms with E-state index in [1.807, 2.05) is 71.4 Å². The van der Waals surface area contributed by atoms with Crippen molar-refractivity contribution in [1.29, 1.82) is 0 Å². The molecule has 5 aromatic rings. The Morgan fingerprint density at radius 2 is 1.73 bits per heavy atom. The van der Waals surface area contributed by atoms with E-state index in [4.69, 9.17) is 9.47 Å². The van der Waals surface area contributed by atoms with Gasteiger partial charge in [-0.1, -0.05) is 60.7 Å². The maximum absolute atomic E-state index is 13.6. The molecule has 0 fully saturated rings. The van der Waals surface area contributed by atoms with Crippen LogP contribution in [0.5, 0.6) is 11.5 Å². The number of rotatable bonds is 5. The molecule has 0 atom stereocenters. The highest BCUT2D eigenvalue weighted by atomic mass is 16.7. The second kappa shape index (κ2) is 7.95. The van der Waals surface area contributed by atoms with E-state index in [1.54, 1.807) is 6.08 Å². The number of carbonyl (C=O) groups is 1. The summed E-state index contributed by atoms with van der Waals surface area (Å²) in [6.45, 7) is 0.828. The summed E-state index contributed by atoms with van der Waals surface area (Å²) in [5.41, 5.74) is 4.50. The van der Waals surface area contributed by atoms with Gasteiger partial charge in [-0.3, -0.25) is 4.79 Å². The first kappa shape index (κ1) is 19.3. The Bertz CT molecular complexity index is 1530. The number of benzene rings is 3. The van der Waals surface area contributed by atoms with Crippen LogP contribution in [0.25, 0.3) is 27.9 Å². The second-order valence-corrected chi connectivity index (χ2v) is 8.05. The zero-order valence-electron chi connectivity index (χ0n) is 17.8. The fraction of sp³-hybridized carbons (Fsp3) is 0.0714. The molecule has 1 aliphatic rings. The fourth-order valence-corrected chi connectivity index (χ4v) is 4.35. The number of H-pyrrole nitrogens is 1. The van der Waals surface area contributed by atoms with Crippen molar-refractivity contribution < 1.29 is 18.8 Å². The quantitative estimate of drug-likeness (QED) is 0.233. The molecule has 33 heavy (non-hydrogen) atoms. The van der Waals surface area contributed by atoms with E-state index in [9.17, 15) is 4.79 Å². The molecule has 0 unspecified atom stereocenters. The lowest BCUT2D eigenvalue weighted by Gasteiger charge is -2.04. The molecular formula is C28H21N2O3+. The largest absolute Gasteiger partial charge is 0.454 e. The van der Waals surface area contributed by atoms with Gasteiger partial charge in [-0.15, -0.1) is 0 Å². The summed E-state index contributed by atoms with van der Waals surface area (Å²) < 4.78 is 12.8. The summed E-state index contributed by atoms with van der Waals surface area (Å²) in [7, 11) is 0. The van der Waals surface area contributed by atoms with Crippen LogP contribution in [-0.2, 0) is 6.54 Å². The highest BCUT2D eigenvalue weighted by molar-refractivity contribution is 6.16. The lowest BCUT2D eigenvalue weighted by molar-refractivity contribution is -0.688. The van der Waals surface area contributed by atoms with Gasteiger partial charge >= 0.3 is 0 Å². The standard InChI is InChI=1S/C28H20N2O3/c31-24(12-10-19-11-13-25-26(16-19)33-18-32-25)28-27-22(21-8-4-5-9-23(21)29-27)14-15-30(28)17-20-6-2-1-3-7-20/h1-16H,17-18H2/p+1/b12-10+. The van der Waals surface area contributed by atoms with Crippen LogP contribution >= 0.6 is 0 Å². The normalized spacial score (nSPS) is 12.7. The van der Waals surface area contributed by atoms with Gasteiger partial charge in [0.2, 0.25) is 6.79 Å². The molecule has 5 nitrogen and oxygen atoms in total. The van der Waals surface area contributed by atoms with Crippen LogP contribution in [0.1, 0.15) is 21.6 Å². The smallest absolute Gasteiger partial charge is 0.277 e. The summed E-state index contributed by atoms with van der Waals surface area (Å²) in [6.07, 6.45) is 5.44. The number of aromatic amines is 1. The van der Waals surface area contributed by atoms with E-state index in [2.05, 4.69) is 29.2 Å². The third-order valence-electron chi connectivity index (χ3n) is 5.94. The summed E-state index contributed by atoms with van der Waals surface area (Å²) in [5, 5.41) is 2.14. The molecular weight excluding hydrogens is 412 g/mol. The average molecular weight is 433 g/mol. The van der Waals surface area contributed by atoms with Gasteiger partial charge < -0.3 is 14.5 Å². The van der Waals surface area contributed by atoms with Gasteiger partial charge in [-0.2, -0.15) is 4.57 Å². The van der Waals surface area contributed by atoms with Crippen molar-refractivity contribution in [2.45, 2.75) is 6.54 Å². The summed E-state index contributed by atoms with van der Waals surface area (Å²) >= 11 is 0. The number of para-hydroxylation sites is 1. The van der Waals surface area contributed by atoms with E-state index >= 15 is 0 Å². The topological polar surface area (TPSA) is 55.2 Å². The van der Waals surface area contributed by atoms with Crippen molar-refractivity contribution in [3.63, 3.8) is 0 Å². The monoisotopic (exact) mass is 433 g/mol. The molecule has 6 rings (SSSR count). The lowest BCUT2D eigenvalue weighted by atomic mass is 10.1. The predicted molar refractivity (Wildman–Crippen MR) is 127 cm³/mol. The first-order valence-corrected chi connectivity index (χ1v) is 10.9. The summed E-state index contributed by atoms with van der Waals surface area (Å²) in [5.74, 6) is 1.35. The first-order chi connectivity index (χ1) is 16.3.